The van der Waals surface area contributed by atoms with E-state index >= 15 is 0 Å². The normalized spacial score (nSPS) is 11.0. The van der Waals surface area contributed by atoms with Crippen molar-refractivity contribution in [1.82, 2.24) is 9.55 Å². The first-order chi connectivity index (χ1) is 10.1. The van der Waals surface area contributed by atoms with Crippen LogP contribution in [0.1, 0.15) is 5.82 Å². The summed E-state index contributed by atoms with van der Waals surface area (Å²) in [5.41, 5.74) is 2.17. The van der Waals surface area contributed by atoms with E-state index in [1.165, 1.54) is 12.1 Å². The van der Waals surface area contributed by atoms with E-state index in [1.54, 1.807) is 13.2 Å². The third-order valence-electron chi connectivity index (χ3n) is 3.20. The number of aromatic nitrogens is 2. The van der Waals surface area contributed by atoms with Crippen LogP contribution in [0.5, 0.6) is 5.75 Å². The Morgan fingerprint density at radius 2 is 2.10 bits per heavy atom. The van der Waals surface area contributed by atoms with E-state index in [4.69, 9.17) is 16.3 Å². The predicted molar refractivity (Wildman–Crippen MR) is 84.8 cm³/mol. The third-order valence-corrected chi connectivity index (χ3v) is 4.11. The molecule has 0 bridgehead atoms. The van der Waals surface area contributed by atoms with E-state index in [1.807, 2.05) is 22.8 Å². The van der Waals surface area contributed by atoms with Gasteiger partial charge in [0.05, 0.1) is 29.7 Å². The molecule has 0 spiro atoms. The van der Waals surface area contributed by atoms with Gasteiger partial charge >= 0.3 is 0 Å². The molecule has 3 nitrogen and oxygen atoms in total. The first-order valence-corrected chi connectivity index (χ1v) is 7.53. The second kappa shape index (κ2) is 5.66. The lowest BCUT2D eigenvalue weighted by molar-refractivity contribution is 0.414. The molecule has 0 aliphatic heterocycles. The van der Waals surface area contributed by atoms with Crippen molar-refractivity contribution >= 4 is 38.6 Å². The minimum absolute atomic E-state index is 0.222. The molecule has 0 fully saturated rings. The molecular formula is C15H11BrClFN2O. The van der Waals surface area contributed by atoms with Gasteiger partial charge in [-0.2, -0.15) is 0 Å². The maximum absolute atomic E-state index is 13.6. The highest BCUT2D eigenvalue weighted by molar-refractivity contribution is 9.10. The van der Waals surface area contributed by atoms with Gasteiger partial charge in [0.15, 0.2) is 0 Å². The number of nitrogens with zero attached hydrogens (tertiary/aromatic N) is 2. The molecule has 0 saturated carbocycles. The molecular weight excluding hydrogens is 359 g/mol. The second-order valence-electron chi connectivity index (χ2n) is 4.45. The smallest absolute Gasteiger partial charge is 0.129 e. The lowest BCUT2D eigenvalue weighted by Crippen LogP contribution is -2.01. The molecule has 0 unspecified atom stereocenters. The molecule has 1 heterocycles. The SMILES string of the molecule is COc1ccc(Br)c(-n2c(CCl)nc3ccc(F)cc32)c1. The average Bonchev–Trinajstić information content (AvgIpc) is 2.85. The molecule has 0 aliphatic rings. The number of benzene rings is 2. The van der Waals surface area contributed by atoms with Crippen molar-refractivity contribution in [3.8, 4) is 11.4 Å². The molecule has 6 heteroatoms. The fourth-order valence-electron chi connectivity index (χ4n) is 2.25. The number of halogens is 3. The molecule has 2 aromatic carbocycles. The van der Waals surface area contributed by atoms with Crippen molar-refractivity contribution in [2.75, 3.05) is 7.11 Å². The van der Waals surface area contributed by atoms with Crippen LogP contribution in [0.25, 0.3) is 16.7 Å². The number of rotatable bonds is 3. The van der Waals surface area contributed by atoms with Gasteiger partial charge in [0.25, 0.3) is 0 Å². The first-order valence-electron chi connectivity index (χ1n) is 6.21. The van der Waals surface area contributed by atoms with E-state index < -0.39 is 0 Å². The quantitative estimate of drug-likeness (QED) is 0.627. The molecule has 1 aromatic heterocycles. The van der Waals surface area contributed by atoms with Crippen molar-refractivity contribution in [2.24, 2.45) is 0 Å². The number of hydrogen-bond acceptors (Lipinski definition) is 2. The Morgan fingerprint density at radius 3 is 2.81 bits per heavy atom. The Balaban J connectivity index is 2.35. The second-order valence-corrected chi connectivity index (χ2v) is 5.57. The lowest BCUT2D eigenvalue weighted by atomic mass is 10.2. The third kappa shape index (κ3) is 2.51. The highest BCUT2D eigenvalue weighted by Crippen LogP contribution is 2.31. The molecule has 0 atom stereocenters. The van der Waals surface area contributed by atoms with Crippen LogP contribution in [0.4, 0.5) is 4.39 Å². The van der Waals surface area contributed by atoms with Crippen LogP contribution in [0, 0.1) is 5.82 Å². The maximum Gasteiger partial charge on any atom is 0.129 e. The van der Waals surface area contributed by atoms with Crippen LogP contribution in [0.15, 0.2) is 40.9 Å². The minimum atomic E-state index is -0.316. The summed E-state index contributed by atoms with van der Waals surface area (Å²) in [6, 6.07) is 10.0. The molecule has 0 amide bonds. The number of ether oxygens (including phenoxy) is 1. The van der Waals surface area contributed by atoms with Gasteiger partial charge in [-0.25, -0.2) is 9.37 Å². The summed E-state index contributed by atoms with van der Waals surface area (Å²) in [6.07, 6.45) is 0. The van der Waals surface area contributed by atoms with Gasteiger partial charge in [0, 0.05) is 16.6 Å². The van der Waals surface area contributed by atoms with Crippen molar-refractivity contribution in [3.05, 3.63) is 52.5 Å². The molecule has 3 aromatic rings. The van der Waals surface area contributed by atoms with Crippen molar-refractivity contribution in [2.45, 2.75) is 5.88 Å². The van der Waals surface area contributed by atoms with Gasteiger partial charge in [-0.1, -0.05) is 0 Å². The topological polar surface area (TPSA) is 27.1 Å². The largest absolute Gasteiger partial charge is 0.497 e. The summed E-state index contributed by atoms with van der Waals surface area (Å²) in [7, 11) is 1.60. The highest BCUT2D eigenvalue weighted by atomic mass is 79.9. The summed E-state index contributed by atoms with van der Waals surface area (Å²) in [6.45, 7) is 0. The fourth-order valence-corrected chi connectivity index (χ4v) is 2.85. The van der Waals surface area contributed by atoms with Crippen LogP contribution in [-0.2, 0) is 5.88 Å². The zero-order valence-electron chi connectivity index (χ0n) is 11.1. The summed E-state index contributed by atoms with van der Waals surface area (Å²) < 4.78 is 21.5. The molecule has 108 valence electrons. The van der Waals surface area contributed by atoms with E-state index in [0.717, 1.165) is 10.2 Å². The van der Waals surface area contributed by atoms with E-state index in [2.05, 4.69) is 20.9 Å². The molecule has 21 heavy (non-hydrogen) atoms. The highest BCUT2D eigenvalue weighted by Gasteiger charge is 2.15. The van der Waals surface area contributed by atoms with Gasteiger partial charge in [-0.15, -0.1) is 11.6 Å². The number of alkyl halides is 1. The van der Waals surface area contributed by atoms with E-state index in [0.29, 0.717) is 22.6 Å². The van der Waals surface area contributed by atoms with Crippen LogP contribution in [0.2, 0.25) is 0 Å². The van der Waals surface area contributed by atoms with Gasteiger partial charge in [-0.05, 0) is 40.2 Å². The number of fused-ring (bicyclic) bond motifs is 1. The zero-order valence-corrected chi connectivity index (χ0v) is 13.4. The Labute approximate surface area is 134 Å². The van der Waals surface area contributed by atoms with Crippen LogP contribution in [-0.4, -0.2) is 16.7 Å². The molecule has 0 radical (unpaired) electrons. The average molecular weight is 370 g/mol. The number of hydrogen-bond donors (Lipinski definition) is 0. The summed E-state index contributed by atoms with van der Waals surface area (Å²) in [4.78, 5) is 4.45. The van der Waals surface area contributed by atoms with Gasteiger partial charge in [0.2, 0.25) is 0 Å². The maximum atomic E-state index is 13.6. The number of imidazole rings is 1. The lowest BCUT2D eigenvalue weighted by Gasteiger charge is -2.12. The molecule has 0 saturated heterocycles. The van der Waals surface area contributed by atoms with Gasteiger partial charge in [0.1, 0.15) is 17.4 Å². The van der Waals surface area contributed by atoms with Crippen molar-refractivity contribution in [1.29, 1.82) is 0 Å². The van der Waals surface area contributed by atoms with Crippen molar-refractivity contribution in [3.63, 3.8) is 0 Å². The minimum Gasteiger partial charge on any atom is -0.497 e. The van der Waals surface area contributed by atoms with Crippen LogP contribution < -0.4 is 4.74 Å². The molecule has 0 N–H and O–H groups in total. The van der Waals surface area contributed by atoms with Crippen molar-refractivity contribution < 1.29 is 9.13 Å². The zero-order chi connectivity index (χ0) is 15.0. The fraction of sp³-hybridized carbons (Fsp3) is 0.133. The predicted octanol–water partition coefficient (Wildman–Crippen LogP) is 4.67. The van der Waals surface area contributed by atoms with Gasteiger partial charge in [-0.3, -0.25) is 4.57 Å². The van der Waals surface area contributed by atoms with Gasteiger partial charge < -0.3 is 4.74 Å². The Morgan fingerprint density at radius 1 is 1.29 bits per heavy atom. The summed E-state index contributed by atoms with van der Waals surface area (Å²) in [5.74, 6) is 1.25. The number of methoxy groups -OCH3 is 1. The summed E-state index contributed by atoms with van der Waals surface area (Å²) in [5, 5.41) is 0. The van der Waals surface area contributed by atoms with Crippen LogP contribution >= 0.6 is 27.5 Å². The Hall–Kier alpha value is -1.59. The van der Waals surface area contributed by atoms with E-state index in [9.17, 15) is 4.39 Å². The Kier molecular flexibility index (Phi) is 3.87. The molecule has 3 rings (SSSR count). The Bertz CT molecular complexity index is 819. The monoisotopic (exact) mass is 368 g/mol. The van der Waals surface area contributed by atoms with E-state index in [-0.39, 0.29) is 11.7 Å². The van der Waals surface area contributed by atoms with Crippen LogP contribution in [0.3, 0.4) is 0 Å². The standard InChI is InChI=1S/C15H11BrClFN2O/c1-21-10-3-4-11(16)13(7-10)20-14-6-9(18)2-5-12(14)19-15(20)8-17/h2-7H,8H2,1H3. The molecule has 0 aliphatic carbocycles. The first kappa shape index (κ1) is 14.4. The summed E-state index contributed by atoms with van der Waals surface area (Å²) >= 11 is 9.50.